The Hall–Kier alpha value is -1.98. The highest BCUT2D eigenvalue weighted by atomic mass is 32.2. The van der Waals surface area contributed by atoms with Gasteiger partial charge in [-0.2, -0.15) is 0 Å². The van der Waals surface area contributed by atoms with Gasteiger partial charge in [0.15, 0.2) is 0 Å². The van der Waals surface area contributed by atoms with Gasteiger partial charge in [-0.25, -0.2) is 0 Å². The number of amides is 1. The molecule has 0 saturated heterocycles. The maximum absolute atomic E-state index is 11.6. The van der Waals surface area contributed by atoms with E-state index in [1.165, 1.54) is 21.6 Å². The minimum absolute atomic E-state index is 0.0844. The van der Waals surface area contributed by atoms with Crippen molar-refractivity contribution in [2.75, 3.05) is 6.61 Å². The average molecular weight is 419 g/mol. The molecule has 162 valence electrons. The molecule has 1 amide bonds. The first-order valence-electron chi connectivity index (χ1n) is 10.1. The topological polar surface area (TPSA) is 64.3 Å². The first-order chi connectivity index (χ1) is 13.6. The van der Waals surface area contributed by atoms with Gasteiger partial charge in [0, 0.05) is 10.9 Å². The number of allylic oxidation sites excluding steroid dienone is 5. The number of nitrogens with two attached hydrogens (primary N) is 1. The standard InChI is InChI=1S/C22H32N2O2S.C2H6/c1-8-15(4)11-17(6)21(14(2)3)27-24-18(7)13-26-20-12-16(5)9-10-19(20)22(23)25;1-2/h8-12,18,24H,13H2,1-7H3,(H2,23,25);1-2H3/b15-8-,17-11-;. The zero-order valence-corrected chi connectivity index (χ0v) is 20.3. The first-order valence-corrected chi connectivity index (χ1v) is 10.9. The van der Waals surface area contributed by atoms with Crippen LogP contribution in [0.25, 0.3) is 0 Å². The molecule has 3 N–H and O–H groups in total. The monoisotopic (exact) mass is 418 g/mol. The van der Waals surface area contributed by atoms with Crippen molar-refractivity contribution in [1.82, 2.24) is 4.72 Å². The van der Waals surface area contributed by atoms with Crippen LogP contribution in [0.3, 0.4) is 0 Å². The minimum atomic E-state index is -0.480. The number of nitrogens with one attached hydrogen (secondary N) is 1. The molecule has 1 rings (SSSR count). The largest absolute Gasteiger partial charge is 0.491 e. The van der Waals surface area contributed by atoms with Crippen LogP contribution in [0.15, 0.2) is 52.0 Å². The second-order valence-corrected chi connectivity index (χ2v) is 7.83. The normalized spacial score (nSPS) is 12.6. The van der Waals surface area contributed by atoms with E-state index >= 15 is 0 Å². The van der Waals surface area contributed by atoms with Gasteiger partial charge in [0.2, 0.25) is 0 Å². The summed E-state index contributed by atoms with van der Waals surface area (Å²) in [5, 5.41) is 0. The fourth-order valence-corrected chi connectivity index (χ4v) is 3.24. The van der Waals surface area contributed by atoms with Crippen molar-refractivity contribution in [3.63, 3.8) is 0 Å². The van der Waals surface area contributed by atoms with Gasteiger partial charge in [-0.15, -0.1) is 0 Å². The first kappa shape index (κ1) is 27.0. The highest BCUT2D eigenvalue weighted by Gasteiger charge is 2.12. The van der Waals surface area contributed by atoms with E-state index in [1.807, 2.05) is 46.8 Å². The summed E-state index contributed by atoms with van der Waals surface area (Å²) in [6.45, 7) is 18.9. The van der Waals surface area contributed by atoms with Crippen molar-refractivity contribution >= 4 is 17.9 Å². The quantitative estimate of drug-likeness (QED) is 0.363. The maximum atomic E-state index is 11.6. The molecule has 0 aliphatic carbocycles. The van der Waals surface area contributed by atoms with Crippen LogP contribution in [0, 0.1) is 6.92 Å². The van der Waals surface area contributed by atoms with E-state index in [4.69, 9.17) is 10.5 Å². The van der Waals surface area contributed by atoms with Crippen LogP contribution in [-0.4, -0.2) is 18.6 Å². The van der Waals surface area contributed by atoms with Crippen LogP contribution in [0.1, 0.15) is 71.3 Å². The number of carbonyl (C=O) groups excluding carboxylic acids is 1. The highest BCUT2D eigenvalue weighted by molar-refractivity contribution is 8.01. The van der Waals surface area contributed by atoms with E-state index < -0.39 is 5.91 Å². The Balaban J connectivity index is 0.00000379. The van der Waals surface area contributed by atoms with Crippen molar-refractivity contribution in [2.45, 2.75) is 68.4 Å². The lowest BCUT2D eigenvalue weighted by Gasteiger charge is -2.18. The van der Waals surface area contributed by atoms with Gasteiger partial charge in [-0.3, -0.25) is 9.52 Å². The number of benzene rings is 1. The molecule has 1 unspecified atom stereocenters. The lowest BCUT2D eigenvalue weighted by Crippen LogP contribution is -2.27. The molecule has 0 aliphatic heterocycles. The summed E-state index contributed by atoms with van der Waals surface area (Å²) in [5.74, 6) is 0.0512. The summed E-state index contributed by atoms with van der Waals surface area (Å²) in [6.07, 6.45) is 4.28. The van der Waals surface area contributed by atoms with Crippen LogP contribution in [0.4, 0.5) is 0 Å². The third-order valence-corrected chi connectivity index (χ3v) is 5.42. The fraction of sp³-hybridized carbons (Fsp3) is 0.458. The Kier molecular flexibility index (Phi) is 13.1. The molecule has 29 heavy (non-hydrogen) atoms. The van der Waals surface area contributed by atoms with Crippen molar-refractivity contribution in [3.05, 3.63) is 63.1 Å². The smallest absolute Gasteiger partial charge is 0.252 e. The molecule has 0 spiro atoms. The molecule has 1 aromatic carbocycles. The van der Waals surface area contributed by atoms with E-state index in [1.54, 1.807) is 18.0 Å². The van der Waals surface area contributed by atoms with E-state index in [2.05, 4.69) is 44.6 Å². The Bertz CT molecular complexity index is 760. The molecule has 5 heteroatoms. The van der Waals surface area contributed by atoms with Gasteiger partial charge in [-0.1, -0.05) is 43.2 Å². The second kappa shape index (κ2) is 14.1. The third kappa shape index (κ3) is 9.86. The van der Waals surface area contributed by atoms with Gasteiger partial charge in [0.25, 0.3) is 5.91 Å². The summed E-state index contributed by atoms with van der Waals surface area (Å²) < 4.78 is 9.29. The van der Waals surface area contributed by atoms with Crippen molar-refractivity contribution < 1.29 is 9.53 Å². The lowest BCUT2D eigenvalue weighted by molar-refractivity contribution is 0.0996. The highest BCUT2D eigenvalue weighted by Crippen LogP contribution is 2.27. The van der Waals surface area contributed by atoms with E-state index in [0.29, 0.717) is 17.9 Å². The number of ether oxygens (including phenoxy) is 1. The minimum Gasteiger partial charge on any atom is -0.491 e. The van der Waals surface area contributed by atoms with Crippen molar-refractivity contribution in [1.29, 1.82) is 0 Å². The van der Waals surface area contributed by atoms with E-state index in [0.717, 1.165) is 5.56 Å². The molecule has 4 nitrogen and oxygen atoms in total. The Morgan fingerprint density at radius 2 is 1.86 bits per heavy atom. The Morgan fingerprint density at radius 1 is 1.24 bits per heavy atom. The van der Waals surface area contributed by atoms with E-state index in [-0.39, 0.29) is 6.04 Å². The molecule has 0 heterocycles. The van der Waals surface area contributed by atoms with Crippen LogP contribution < -0.4 is 15.2 Å². The van der Waals surface area contributed by atoms with Gasteiger partial charge in [0.05, 0.1) is 5.56 Å². The zero-order valence-electron chi connectivity index (χ0n) is 19.5. The van der Waals surface area contributed by atoms with Crippen molar-refractivity contribution in [2.24, 2.45) is 5.73 Å². The van der Waals surface area contributed by atoms with Crippen LogP contribution in [0.2, 0.25) is 0 Å². The second-order valence-electron chi connectivity index (χ2n) is 6.98. The van der Waals surface area contributed by atoms with Crippen LogP contribution in [0.5, 0.6) is 5.75 Å². The Labute approximate surface area is 181 Å². The summed E-state index contributed by atoms with van der Waals surface area (Å²) in [4.78, 5) is 12.8. The number of hydrogen-bond donors (Lipinski definition) is 2. The van der Waals surface area contributed by atoms with Crippen molar-refractivity contribution in [3.8, 4) is 5.75 Å². The molecule has 0 bridgehead atoms. The molecular weight excluding hydrogens is 380 g/mol. The molecule has 0 radical (unpaired) electrons. The maximum Gasteiger partial charge on any atom is 0.252 e. The molecule has 0 saturated carbocycles. The van der Waals surface area contributed by atoms with E-state index in [9.17, 15) is 4.79 Å². The van der Waals surface area contributed by atoms with Crippen LogP contribution in [-0.2, 0) is 0 Å². The predicted molar refractivity (Wildman–Crippen MR) is 128 cm³/mol. The number of hydrogen-bond acceptors (Lipinski definition) is 4. The zero-order chi connectivity index (χ0) is 22.6. The molecule has 0 fully saturated rings. The van der Waals surface area contributed by atoms with Crippen LogP contribution >= 0.6 is 11.9 Å². The predicted octanol–water partition coefficient (Wildman–Crippen LogP) is 6.33. The van der Waals surface area contributed by atoms with Gasteiger partial charge in [0.1, 0.15) is 12.4 Å². The summed E-state index contributed by atoms with van der Waals surface area (Å²) in [7, 11) is 0. The van der Waals surface area contributed by atoms with Gasteiger partial charge >= 0.3 is 0 Å². The molecular formula is C24H38N2O2S. The lowest BCUT2D eigenvalue weighted by atomic mass is 10.1. The summed E-state index contributed by atoms with van der Waals surface area (Å²) in [6, 6.07) is 5.49. The number of carbonyl (C=O) groups is 1. The summed E-state index contributed by atoms with van der Waals surface area (Å²) in [5.41, 5.74) is 10.6. The fourth-order valence-electron chi connectivity index (χ4n) is 2.43. The van der Waals surface area contributed by atoms with Gasteiger partial charge < -0.3 is 10.5 Å². The molecule has 1 atom stereocenters. The third-order valence-electron chi connectivity index (χ3n) is 3.97. The summed E-state index contributed by atoms with van der Waals surface area (Å²) >= 11 is 1.61. The Morgan fingerprint density at radius 3 is 2.38 bits per heavy atom. The number of aryl methyl sites for hydroxylation is 1. The molecule has 0 aromatic heterocycles. The van der Waals surface area contributed by atoms with Gasteiger partial charge in [-0.05, 0) is 83.7 Å². The number of rotatable bonds is 9. The molecule has 0 aliphatic rings. The number of primary amides is 1. The molecule has 1 aromatic rings. The SMILES string of the molecule is C/C=C(C)\C=C(\C)C(SNC(C)COc1cc(C)ccc1C(N)=O)=C(C)C.CC. The average Bonchev–Trinajstić information content (AvgIpc) is 2.67.